The first kappa shape index (κ1) is 26.3. The monoisotopic (exact) mass is 484 g/mol. The van der Waals surface area contributed by atoms with Gasteiger partial charge in [-0.15, -0.1) is 18.7 Å². The molecule has 0 saturated carbocycles. The molecule has 35 heavy (non-hydrogen) atoms. The van der Waals surface area contributed by atoms with E-state index in [2.05, 4.69) is 46.4 Å². The van der Waals surface area contributed by atoms with E-state index in [0.717, 1.165) is 26.2 Å². The Hall–Kier alpha value is -1.72. The van der Waals surface area contributed by atoms with Crippen LogP contribution < -0.4 is 9.36 Å². The van der Waals surface area contributed by atoms with Crippen LogP contribution in [0, 0.1) is 5.41 Å². The topological polar surface area (TPSA) is 43.4 Å². The van der Waals surface area contributed by atoms with Crippen LogP contribution in [-0.2, 0) is 51.9 Å². The number of nitrogens with zero attached hydrogens (tertiary/aromatic N) is 6. The molecule has 2 aliphatic rings. The molecule has 6 nitrogen and oxygen atoms in total. The number of aryl methyl sites for hydroxylation is 2. The van der Waals surface area contributed by atoms with Crippen LogP contribution in [0.3, 0.4) is 0 Å². The van der Waals surface area contributed by atoms with Crippen LogP contribution in [0.25, 0.3) is 0 Å². The van der Waals surface area contributed by atoms with Gasteiger partial charge < -0.3 is 0 Å². The van der Waals surface area contributed by atoms with Gasteiger partial charge in [0.15, 0.2) is 22.8 Å². The van der Waals surface area contributed by atoms with Gasteiger partial charge in [0.05, 0.1) is 15.8 Å². The van der Waals surface area contributed by atoms with Crippen molar-refractivity contribution < 1.29 is 9.36 Å². The number of unbranched alkanes of at least 4 members (excludes halogenated alkanes) is 8. The fourth-order valence-electron chi connectivity index (χ4n) is 6.36. The summed E-state index contributed by atoms with van der Waals surface area (Å²) in [5.41, 5.74) is 6.43. The summed E-state index contributed by atoms with van der Waals surface area (Å²) in [4.78, 5) is 0. The largest absolute Gasteiger partial charge is 0.171 e. The highest BCUT2D eigenvalue weighted by atomic mass is 15.5. The summed E-state index contributed by atoms with van der Waals surface area (Å²) < 4.78 is 9.51. The first-order valence-corrected chi connectivity index (χ1v) is 15.1. The van der Waals surface area contributed by atoms with Gasteiger partial charge in [-0.2, -0.15) is 0 Å². The standard InChI is InChI=1S/C29H52N6/c1-5-9-13-15-17-25-27-21-29(23-34(27)30-32(25)19-11-7-3)22-28-26(18-16-14-10-6-2)33(20-12-8-4)31-35(28)24-29/h5-24H2,1-4H3/q+2. The van der Waals surface area contributed by atoms with Crippen molar-refractivity contribution in [1.29, 1.82) is 0 Å². The van der Waals surface area contributed by atoms with Crippen LogP contribution in [0.2, 0.25) is 0 Å². The first-order chi connectivity index (χ1) is 17.1. The molecule has 2 aromatic heterocycles. The highest BCUT2D eigenvalue weighted by Crippen LogP contribution is 2.42. The predicted molar refractivity (Wildman–Crippen MR) is 140 cm³/mol. The molecule has 196 valence electrons. The average molecular weight is 485 g/mol. The van der Waals surface area contributed by atoms with Crippen molar-refractivity contribution in [3.05, 3.63) is 22.8 Å². The third-order valence-corrected chi connectivity index (χ3v) is 8.38. The molecule has 0 saturated heterocycles. The lowest BCUT2D eigenvalue weighted by atomic mass is 9.83. The lowest BCUT2D eigenvalue weighted by molar-refractivity contribution is -0.762. The molecule has 0 radical (unpaired) electrons. The summed E-state index contributed by atoms with van der Waals surface area (Å²) in [7, 11) is 0. The Kier molecular flexibility index (Phi) is 9.40. The van der Waals surface area contributed by atoms with E-state index >= 15 is 0 Å². The van der Waals surface area contributed by atoms with Gasteiger partial charge in [0.2, 0.25) is 0 Å². The SMILES string of the molecule is CCCCCCc1c2n(n[n+]1CCCC)CC1(C2)Cc2c(CCCCCC)[n+](CCCC)nn2C1. The lowest BCUT2D eigenvalue weighted by Crippen LogP contribution is -2.43. The van der Waals surface area contributed by atoms with Crippen molar-refractivity contribution in [2.75, 3.05) is 0 Å². The van der Waals surface area contributed by atoms with Crippen LogP contribution in [0.4, 0.5) is 0 Å². The number of hydrogen-bond donors (Lipinski definition) is 0. The fourth-order valence-corrected chi connectivity index (χ4v) is 6.36. The van der Waals surface area contributed by atoms with Gasteiger partial charge in [0, 0.05) is 25.7 Å². The first-order valence-electron chi connectivity index (χ1n) is 15.1. The molecule has 0 fully saturated rings. The van der Waals surface area contributed by atoms with Crippen LogP contribution in [0.5, 0.6) is 0 Å². The van der Waals surface area contributed by atoms with Crippen molar-refractivity contribution in [3.8, 4) is 0 Å². The lowest BCUT2D eigenvalue weighted by Gasteiger charge is -2.16. The molecular formula is C29H52N6+2. The van der Waals surface area contributed by atoms with E-state index in [-0.39, 0.29) is 5.41 Å². The maximum atomic E-state index is 5.14. The van der Waals surface area contributed by atoms with E-state index in [1.807, 2.05) is 0 Å². The summed E-state index contributed by atoms with van der Waals surface area (Å²) in [6.07, 6.45) is 20.2. The molecule has 0 aromatic carbocycles. The quantitative estimate of drug-likeness (QED) is 0.240. The van der Waals surface area contributed by atoms with E-state index in [0.29, 0.717) is 0 Å². The molecule has 6 heteroatoms. The summed E-state index contributed by atoms with van der Waals surface area (Å²) in [5.74, 6) is 0. The van der Waals surface area contributed by atoms with Crippen LogP contribution >= 0.6 is 0 Å². The zero-order valence-corrected chi connectivity index (χ0v) is 23.3. The third kappa shape index (κ3) is 5.99. The maximum Gasteiger partial charge on any atom is 0.171 e. The van der Waals surface area contributed by atoms with E-state index in [4.69, 9.17) is 10.4 Å². The molecule has 2 aliphatic heterocycles. The number of hydrogen-bond acceptors (Lipinski definition) is 2. The Morgan fingerprint density at radius 3 is 1.43 bits per heavy atom. The van der Waals surface area contributed by atoms with E-state index in [1.54, 1.807) is 0 Å². The predicted octanol–water partition coefficient (Wildman–Crippen LogP) is 5.30. The third-order valence-electron chi connectivity index (χ3n) is 8.38. The summed E-state index contributed by atoms with van der Waals surface area (Å²) in [5, 5.41) is 10.3. The number of fused-ring (bicyclic) bond motifs is 2. The Balaban J connectivity index is 1.50. The molecule has 0 aliphatic carbocycles. The normalized spacial score (nSPS) is 15.9. The van der Waals surface area contributed by atoms with Gasteiger partial charge in [0.25, 0.3) is 0 Å². The van der Waals surface area contributed by atoms with Crippen LogP contribution in [0.1, 0.15) is 128 Å². The molecule has 0 amide bonds. The van der Waals surface area contributed by atoms with Crippen molar-refractivity contribution in [2.24, 2.45) is 5.41 Å². The van der Waals surface area contributed by atoms with Gasteiger partial charge >= 0.3 is 0 Å². The van der Waals surface area contributed by atoms with Crippen LogP contribution in [0.15, 0.2) is 0 Å². The Bertz CT molecular complexity index is 863. The van der Waals surface area contributed by atoms with Gasteiger partial charge in [-0.1, -0.05) is 79.1 Å². The molecular weight excluding hydrogens is 432 g/mol. The second kappa shape index (κ2) is 12.5. The average Bonchev–Trinajstić information content (AvgIpc) is 3.55. The highest BCUT2D eigenvalue weighted by Gasteiger charge is 2.54. The van der Waals surface area contributed by atoms with E-state index in [9.17, 15) is 0 Å². The molecule has 0 N–H and O–H groups in total. The van der Waals surface area contributed by atoms with Crippen molar-refractivity contribution in [2.45, 2.75) is 157 Å². The van der Waals surface area contributed by atoms with Gasteiger partial charge in [-0.05, 0) is 25.7 Å². The molecule has 0 bridgehead atoms. The van der Waals surface area contributed by atoms with E-state index in [1.165, 1.54) is 126 Å². The number of rotatable bonds is 16. The summed E-state index contributed by atoms with van der Waals surface area (Å²) in [6.45, 7) is 13.5. The van der Waals surface area contributed by atoms with Crippen LogP contribution in [-0.4, -0.2) is 19.8 Å². The van der Waals surface area contributed by atoms with Gasteiger partial charge in [-0.3, -0.25) is 0 Å². The molecule has 4 rings (SSSR count). The second-order valence-electron chi connectivity index (χ2n) is 11.5. The smallest absolute Gasteiger partial charge is 0.134 e. The van der Waals surface area contributed by atoms with Gasteiger partial charge in [0.1, 0.15) is 26.2 Å². The zero-order chi connectivity index (χ0) is 24.7. The molecule has 0 atom stereocenters. The van der Waals surface area contributed by atoms with Crippen molar-refractivity contribution >= 4 is 0 Å². The molecule has 2 aromatic rings. The second-order valence-corrected chi connectivity index (χ2v) is 11.5. The van der Waals surface area contributed by atoms with Crippen molar-refractivity contribution in [1.82, 2.24) is 19.8 Å². The minimum Gasteiger partial charge on any atom is -0.134 e. The summed E-state index contributed by atoms with van der Waals surface area (Å²) in [6, 6.07) is 0. The molecule has 0 unspecified atom stereocenters. The van der Waals surface area contributed by atoms with Crippen molar-refractivity contribution in [3.63, 3.8) is 0 Å². The fraction of sp³-hybridized carbons (Fsp3) is 0.862. The number of aromatic nitrogens is 6. The van der Waals surface area contributed by atoms with Gasteiger partial charge in [-0.25, -0.2) is 0 Å². The minimum absolute atomic E-state index is 0.286. The minimum atomic E-state index is 0.286. The molecule has 1 spiro atoms. The maximum absolute atomic E-state index is 5.14. The Morgan fingerprint density at radius 1 is 0.600 bits per heavy atom. The summed E-state index contributed by atoms with van der Waals surface area (Å²) >= 11 is 0. The zero-order valence-electron chi connectivity index (χ0n) is 23.3. The van der Waals surface area contributed by atoms with E-state index < -0.39 is 0 Å². The molecule has 4 heterocycles. The highest BCUT2D eigenvalue weighted by molar-refractivity contribution is 5.21. The Morgan fingerprint density at radius 2 is 1.03 bits per heavy atom. The Labute approximate surface area is 214 Å².